The lowest BCUT2D eigenvalue weighted by Crippen LogP contribution is -1.99. The highest BCUT2D eigenvalue weighted by atomic mass is 16.7. The van der Waals surface area contributed by atoms with Crippen LogP contribution in [-0.2, 0) is 9.39 Å². The number of carbonyl (C=O) groups excluding carboxylic acids is 1. The predicted molar refractivity (Wildman–Crippen MR) is 22.0 cm³/mol. The van der Waals surface area contributed by atoms with Gasteiger partial charge in [0.15, 0.2) is 0 Å². The average molecular weight is 89.9 g/mol. The molecule has 6 heavy (non-hydrogen) atoms. The van der Waals surface area contributed by atoms with Gasteiger partial charge in [-0.2, -0.15) is 0 Å². The summed E-state index contributed by atoms with van der Waals surface area (Å²) in [6, 6.07) is 0. The largest absolute Gasteiger partial charge is 0.513 e. The highest BCUT2D eigenvalue weighted by molar-refractivity contribution is 6.04. The molecule has 0 N–H and O–H groups in total. The van der Waals surface area contributed by atoms with Crippen molar-refractivity contribution in [2.24, 2.45) is 0 Å². The van der Waals surface area contributed by atoms with E-state index in [-0.39, 0.29) is 8.01 Å². The van der Waals surface area contributed by atoms with Crippen LogP contribution in [0.15, 0.2) is 0 Å². The number of carbonyl (C=O) groups is 1. The fourth-order valence-corrected chi connectivity index (χ4v) is 0.0589. The van der Waals surface area contributed by atoms with Crippen molar-refractivity contribution >= 4 is 14.2 Å². The zero-order valence-electron chi connectivity index (χ0n) is 4.43. The van der Waals surface area contributed by atoms with Gasteiger partial charge < -0.3 is 9.39 Å². The Morgan fingerprint density at radius 3 is 3.00 bits per heavy atom. The van der Waals surface area contributed by atoms with Crippen LogP contribution in [0, 0.1) is 0 Å². The molecular weight excluding hydrogens is 82.8 g/mol. The van der Waals surface area contributed by atoms with E-state index < -0.39 is 6.16 Å². The molecule has 0 saturated carbocycles. The molecule has 0 saturated heterocycles. The van der Waals surface area contributed by atoms with Gasteiger partial charge in [-0.15, -0.1) is 0 Å². The van der Waals surface area contributed by atoms with Crippen molar-refractivity contribution in [1.82, 2.24) is 0 Å². The number of rotatable bonds is 1. The van der Waals surface area contributed by atoms with Gasteiger partial charge in [-0.1, -0.05) is 0 Å². The molecule has 0 radical (unpaired) electrons. The topological polar surface area (TPSA) is 35.5 Å². The molecule has 4 heteroatoms. The summed E-state index contributed by atoms with van der Waals surface area (Å²) in [5.41, 5.74) is 0. The fourth-order valence-electron chi connectivity index (χ4n) is 0.0589. The summed E-state index contributed by atoms with van der Waals surface area (Å²) in [5, 5.41) is 0. The van der Waals surface area contributed by atoms with Crippen molar-refractivity contribution < 1.29 is 14.2 Å². The third-order valence-electron chi connectivity index (χ3n) is 0.285. The van der Waals surface area contributed by atoms with Crippen LogP contribution in [0.1, 0.15) is 0 Å². The van der Waals surface area contributed by atoms with Crippen LogP contribution in [0.5, 0.6) is 0 Å². The van der Waals surface area contributed by atoms with Gasteiger partial charge in [0.25, 0.3) is 0 Å². The molecule has 0 bridgehead atoms. The van der Waals surface area contributed by atoms with Gasteiger partial charge in [-0.3, -0.25) is 0 Å². The van der Waals surface area contributed by atoms with Crippen molar-refractivity contribution in [1.29, 1.82) is 1.34 Å². The van der Waals surface area contributed by atoms with Crippen molar-refractivity contribution in [3.63, 3.8) is 0 Å². The van der Waals surface area contributed by atoms with E-state index in [2.05, 4.69) is 9.39 Å². The van der Waals surface area contributed by atoms with Crippen molar-refractivity contribution in [3.8, 4) is 0 Å². The number of hydrogen-bond acceptors (Lipinski definition) is 3. The minimum atomic E-state index is -0.810. The lowest BCUT2D eigenvalue weighted by atomic mass is 10.6. The van der Waals surface area contributed by atoms with Crippen LogP contribution in [0.4, 0.5) is 4.79 Å². The molecule has 0 amide bonds. The van der Waals surface area contributed by atoms with Gasteiger partial charge in [-0.05, 0) is 0 Å². The van der Waals surface area contributed by atoms with E-state index in [1.165, 1.54) is 7.11 Å². The third kappa shape index (κ3) is 1.63. The molecule has 0 aromatic carbocycles. The quantitative estimate of drug-likeness (QED) is 0.316. The second kappa shape index (κ2) is 2.57. The number of hydrogen-bond donors (Lipinski definition) is 0. The zero-order valence-corrected chi connectivity index (χ0v) is 3.43. The van der Waals surface area contributed by atoms with E-state index in [1.807, 2.05) is 0 Å². The minimum Gasteiger partial charge on any atom is -0.513 e. The minimum absolute atomic E-state index is 0.382. The van der Waals surface area contributed by atoms with E-state index in [9.17, 15) is 4.79 Å². The Labute approximate surface area is 38.0 Å². The Balaban J connectivity index is 3.00. The summed E-state index contributed by atoms with van der Waals surface area (Å²) in [5.74, 6) is 0. The van der Waals surface area contributed by atoms with E-state index in [1.54, 1.807) is 0 Å². The highest BCUT2D eigenvalue weighted by Gasteiger charge is 1.88. The lowest BCUT2D eigenvalue weighted by Gasteiger charge is -1.90. The first-order valence-electron chi connectivity index (χ1n) is 2.02. The molecule has 0 rings (SSSR count). The molecule has 0 unspecified atom stereocenters. The van der Waals surface area contributed by atoms with Crippen LogP contribution in [0.2, 0.25) is 0 Å². The summed E-state index contributed by atoms with van der Waals surface area (Å²) >= 11 is 0. The third-order valence-corrected chi connectivity index (χ3v) is 0.285. The molecule has 3 nitrogen and oxygen atoms in total. The summed E-state index contributed by atoms with van der Waals surface area (Å²) < 4.78 is 14.3. The Hall–Kier alpha value is -0.665. The van der Waals surface area contributed by atoms with Gasteiger partial charge in [0.2, 0.25) is 0 Å². The fraction of sp³-hybridized carbons (Fsp3) is 0.500. The number of methoxy groups -OCH3 is 1. The van der Waals surface area contributed by atoms with Gasteiger partial charge in [0.1, 0.15) is 0 Å². The molecule has 0 aromatic rings. The molecule has 0 atom stereocenters. The first kappa shape index (κ1) is 3.52. The molecule has 0 aliphatic heterocycles. The zero-order chi connectivity index (χ0) is 5.70. The number of ether oxygens (including phenoxy) is 1. The summed E-state index contributed by atoms with van der Waals surface area (Å²) in [6.45, 7) is 0. The van der Waals surface area contributed by atoms with Gasteiger partial charge in [0.05, 0.1) is 7.11 Å². The first-order valence-corrected chi connectivity index (χ1v) is 1.31. The monoisotopic (exact) mass is 90.0 g/mol. The lowest BCUT2D eigenvalue weighted by molar-refractivity contribution is 0.125. The smallest absolute Gasteiger partial charge is 0.489 e. The van der Waals surface area contributed by atoms with E-state index in [0.29, 0.717) is 0 Å². The maximum atomic E-state index is 9.85. The molecular formula is C2H5BO3. The molecule has 34 valence electrons. The SMILES string of the molecule is [3H]BOC(=O)OC. The summed E-state index contributed by atoms with van der Waals surface area (Å²) in [7, 11) is 0.810. The molecule has 0 fully saturated rings. The molecule has 0 aromatic heterocycles. The van der Waals surface area contributed by atoms with E-state index in [4.69, 9.17) is 1.34 Å². The Morgan fingerprint density at radius 1 is 2.17 bits per heavy atom. The van der Waals surface area contributed by atoms with E-state index in [0.717, 1.165) is 0 Å². The summed E-state index contributed by atoms with van der Waals surface area (Å²) in [6.07, 6.45) is -0.810. The van der Waals surface area contributed by atoms with Crippen molar-refractivity contribution in [2.75, 3.05) is 7.11 Å². The Morgan fingerprint density at radius 2 is 2.83 bits per heavy atom. The molecule has 0 spiro atoms. The summed E-state index contributed by atoms with van der Waals surface area (Å²) in [4.78, 5) is 9.85. The van der Waals surface area contributed by atoms with Gasteiger partial charge in [-0.25, -0.2) is 4.79 Å². The molecule has 0 heterocycles. The predicted octanol–water partition coefficient (Wildman–Crippen LogP) is -0.683. The first-order chi connectivity index (χ1) is 3.31. The second-order valence-corrected chi connectivity index (χ2v) is 0.598. The standard InChI is InChI=1S/C2H5BO3/c1-5-2(4)6-3/h3H2,1H3/i3T. The van der Waals surface area contributed by atoms with Crippen LogP contribution >= 0.6 is 0 Å². The second-order valence-electron chi connectivity index (χ2n) is 0.598. The van der Waals surface area contributed by atoms with E-state index >= 15 is 0 Å². The highest BCUT2D eigenvalue weighted by Crippen LogP contribution is 1.71. The van der Waals surface area contributed by atoms with Crippen molar-refractivity contribution in [2.45, 2.75) is 0 Å². The molecule has 0 aliphatic carbocycles. The maximum Gasteiger partial charge on any atom is 0.489 e. The normalized spacial score (nSPS) is 8.50. The maximum absolute atomic E-state index is 9.85. The Kier molecular flexibility index (Phi) is 1.51. The average Bonchev–Trinajstić information content (AvgIpc) is 1.68. The van der Waals surface area contributed by atoms with Crippen LogP contribution < -0.4 is 0 Å². The van der Waals surface area contributed by atoms with Gasteiger partial charge in [0, 0.05) is 1.34 Å². The van der Waals surface area contributed by atoms with Crippen molar-refractivity contribution in [3.05, 3.63) is 0 Å². The van der Waals surface area contributed by atoms with Gasteiger partial charge >= 0.3 is 14.2 Å². The molecule has 0 aliphatic rings. The van der Waals surface area contributed by atoms with Crippen LogP contribution in [0.25, 0.3) is 0 Å². The van der Waals surface area contributed by atoms with Crippen LogP contribution in [-0.4, -0.2) is 22.6 Å². The van der Waals surface area contributed by atoms with Crippen LogP contribution in [0.3, 0.4) is 0 Å². The Bertz CT molecular complexity index is 66.0.